The molecule has 1 rings (SSSR count). The van der Waals surface area contributed by atoms with Crippen LogP contribution in [0.3, 0.4) is 0 Å². The Hall–Kier alpha value is -0.550. The lowest BCUT2D eigenvalue weighted by molar-refractivity contribution is 0.269. The minimum atomic E-state index is -0.453. The number of aliphatic hydroxyl groups is 1. The summed E-state index contributed by atoms with van der Waals surface area (Å²) in [6.07, 6.45) is 0. The van der Waals surface area contributed by atoms with Gasteiger partial charge in [-0.3, -0.25) is 0 Å². The maximum absolute atomic E-state index is 8.85. The molecule has 1 N–H and O–H groups in total. The molecule has 1 aromatic rings. The summed E-state index contributed by atoms with van der Waals surface area (Å²) in [6, 6.07) is 3.23. The van der Waals surface area contributed by atoms with Gasteiger partial charge in [-0.05, 0) is 33.6 Å². The molecular weight excluding hydrogens is 242 g/mol. The van der Waals surface area contributed by atoms with Crippen molar-refractivity contribution in [2.75, 3.05) is 6.61 Å². The summed E-state index contributed by atoms with van der Waals surface area (Å²) in [7, 11) is 0. The van der Waals surface area contributed by atoms with Gasteiger partial charge in [0.05, 0.1) is 16.4 Å². The molecule has 0 radical (unpaired) electrons. The highest BCUT2D eigenvalue weighted by Crippen LogP contribution is 2.29. The van der Waals surface area contributed by atoms with E-state index in [0.717, 1.165) is 8.66 Å². The van der Waals surface area contributed by atoms with E-state index in [9.17, 15) is 0 Å². The summed E-state index contributed by atoms with van der Waals surface area (Å²) >= 11 is 4.74. The van der Waals surface area contributed by atoms with Gasteiger partial charge in [-0.15, -0.1) is 11.3 Å². The molecule has 0 amide bonds. The number of hydrogen-bond donors (Lipinski definition) is 1. The number of azide groups is 1. The molecule has 0 spiro atoms. The van der Waals surface area contributed by atoms with Gasteiger partial charge in [0.2, 0.25) is 0 Å². The van der Waals surface area contributed by atoms with Crippen LogP contribution in [0.2, 0.25) is 0 Å². The van der Waals surface area contributed by atoms with Gasteiger partial charge in [0, 0.05) is 9.79 Å². The van der Waals surface area contributed by atoms with Gasteiger partial charge in [-0.25, -0.2) is 0 Å². The van der Waals surface area contributed by atoms with Crippen LogP contribution in [0.1, 0.15) is 10.9 Å². The Balaban J connectivity index is 2.86. The Kier molecular flexibility index (Phi) is 3.55. The van der Waals surface area contributed by atoms with Gasteiger partial charge in [0.15, 0.2) is 0 Å². The molecule has 1 unspecified atom stereocenters. The fourth-order valence-corrected chi connectivity index (χ4v) is 2.20. The third kappa shape index (κ3) is 2.22. The Bertz CT molecular complexity index is 307. The molecule has 1 atom stereocenters. The zero-order valence-corrected chi connectivity index (χ0v) is 8.42. The van der Waals surface area contributed by atoms with Crippen LogP contribution in [-0.4, -0.2) is 11.7 Å². The molecule has 1 aromatic heterocycles. The van der Waals surface area contributed by atoms with Crippen LogP contribution in [-0.2, 0) is 0 Å². The highest BCUT2D eigenvalue weighted by molar-refractivity contribution is 9.11. The van der Waals surface area contributed by atoms with E-state index in [2.05, 4.69) is 26.0 Å². The van der Waals surface area contributed by atoms with Crippen molar-refractivity contribution >= 4 is 27.3 Å². The third-order valence-corrected chi connectivity index (χ3v) is 3.01. The highest BCUT2D eigenvalue weighted by Gasteiger charge is 2.09. The van der Waals surface area contributed by atoms with Gasteiger partial charge >= 0.3 is 0 Å². The van der Waals surface area contributed by atoms with Gasteiger partial charge in [-0.1, -0.05) is 5.11 Å². The minimum absolute atomic E-state index is 0.156. The first-order valence-electron chi connectivity index (χ1n) is 3.18. The number of aliphatic hydroxyl groups excluding tert-OH is 1. The largest absolute Gasteiger partial charge is 0.396 e. The van der Waals surface area contributed by atoms with Gasteiger partial charge in [0.1, 0.15) is 0 Å². The van der Waals surface area contributed by atoms with E-state index in [1.54, 1.807) is 0 Å². The molecule has 0 fully saturated rings. The second-order valence-electron chi connectivity index (χ2n) is 2.05. The molecule has 0 saturated heterocycles. The van der Waals surface area contributed by atoms with E-state index in [1.165, 1.54) is 11.3 Å². The summed E-state index contributed by atoms with van der Waals surface area (Å²) in [4.78, 5) is 3.51. The maximum Gasteiger partial charge on any atom is 0.0949 e. The quantitative estimate of drug-likeness (QED) is 0.498. The average molecular weight is 248 g/mol. The van der Waals surface area contributed by atoms with Crippen LogP contribution in [0.5, 0.6) is 0 Å². The van der Waals surface area contributed by atoms with Crippen molar-refractivity contribution in [2.45, 2.75) is 6.04 Å². The first kappa shape index (κ1) is 9.54. The Morgan fingerprint density at radius 2 is 2.50 bits per heavy atom. The second kappa shape index (κ2) is 4.47. The zero-order chi connectivity index (χ0) is 8.97. The number of hydrogen-bond acceptors (Lipinski definition) is 3. The molecule has 0 aliphatic heterocycles. The predicted octanol–water partition coefficient (Wildman–Crippen LogP) is 2.85. The molecule has 1 heterocycles. The fraction of sp³-hybridized carbons (Fsp3) is 0.333. The van der Waals surface area contributed by atoms with E-state index in [-0.39, 0.29) is 6.61 Å². The molecule has 6 heteroatoms. The number of rotatable bonds is 3. The molecule has 64 valence electrons. The molecule has 0 bridgehead atoms. The first-order chi connectivity index (χ1) is 5.77. The van der Waals surface area contributed by atoms with Crippen LogP contribution in [0.25, 0.3) is 10.4 Å². The maximum atomic E-state index is 8.85. The summed E-state index contributed by atoms with van der Waals surface area (Å²) in [6.45, 7) is -0.156. The minimum Gasteiger partial charge on any atom is -0.396 e. The molecule has 0 saturated carbocycles. The molecule has 12 heavy (non-hydrogen) atoms. The van der Waals surface area contributed by atoms with Gasteiger partial charge in [-0.2, -0.15) is 0 Å². The molecule has 0 aliphatic carbocycles. The van der Waals surface area contributed by atoms with Crippen molar-refractivity contribution in [3.63, 3.8) is 0 Å². The van der Waals surface area contributed by atoms with Gasteiger partial charge < -0.3 is 5.11 Å². The summed E-state index contributed by atoms with van der Waals surface area (Å²) in [5, 5.41) is 12.3. The standard InChI is InChI=1S/C6H6BrN3OS/c7-6-2-1-5(12-6)4(3-11)9-10-8/h1-2,4,11H,3H2. The monoisotopic (exact) mass is 247 g/mol. The molecule has 0 aromatic carbocycles. The smallest absolute Gasteiger partial charge is 0.0949 e. The van der Waals surface area contributed by atoms with E-state index in [4.69, 9.17) is 10.6 Å². The van der Waals surface area contributed by atoms with E-state index < -0.39 is 6.04 Å². The Morgan fingerprint density at radius 1 is 1.75 bits per heavy atom. The summed E-state index contributed by atoms with van der Waals surface area (Å²) in [5.74, 6) is 0. The van der Waals surface area contributed by atoms with Gasteiger partial charge in [0.25, 0.3) is 0 Å². The van der Waals surface area contributed by atoms with Crippen LogP contribution in [0.15, 0.2) is 21.0 Å². The van der Waals surface area contributed by atoms with Crippen LogP contribution < -0.4 is 0 Å². The van der Waals surface area contributed by atoms with E-state index in [1.807, 2.05) is 12.1 Å². The Labute approximate surface area is 81.6 Å². The van der Waals surface area contributed by atoms with Crippen molar-refractivity contribution in [2.24, 2.45) is 5.11 Å². The predicted molar refractivity (Wildman–Crippen MR) is 51.0 cm³/mol. The highest BCUT2D eigenvalue weighted by atomic mass is 79.9. The van der Waals surface area contributed by atoms with Crippen molar-refractivity contribution < 1.29 is 5.11 Å². The lowest BCUT2D eigenvalue weighted by atomic mass is 10.3. The van der Waals surface area contributed by atoms with Crippen molar-refractivity contribution in [1.82, 2.24) is 0 Å². The Morgan fingerprint density at radius 3 is 2.92 bits per heavy atom. The molecule has 4 nitrogen and oxygen atoms in total. The summed E-state index contributed by atoms with van der Waals surface area (Å²) in [5.41, 5.74) is 8.18. The van der Waals surface area contributed by atoms with Crippen LogP contribution in [0.4, 0.5) is 0 Å². The second-order valence-corrected chi connectivity index (χ2v) is 4.54. The van der Waals surface area contributed by atoms with Crippen LogP contribution in [0, 0.1) is 0 Å². The topological polar surface area (TPSA) is 69.0 Å². The van der Waals surface area contributed by atoms with Crippen molar-refractivity contribution in [3.8, 4) is 0 Å². The number of thiophene rings is 1. The number of nitrogens with zero attached hydrogens (tertiary/aromatic N) is 3. The zero-order valence-electron chi connectivity index (χ0n) is 6.01. The first-order valence-corrected chi connectivity index (χ1v) is 4.79. The SMILES string of the molecule is [N-]=[N+]=NC(CO)c1ccc(Br)s1. The third-order valence-electron chi connectivity index (χ3n) is 1.29. The normalized spacial score (nSPS) is 12.2. The van der Waals surface area contributed by atoms with Crippen LogP contribution >= 0.6 is 27.3 Å². The summed E-state index contributed by atoms with van der Waals surface area (Å²) < 4.78 is 0.962. The fourth-order valence-electron chi connectivity index (χ4n) is 0.753. The van der Waals surface area contributed by atoms with E-state index >= 15 is 0 Å². The molecular formula is C6H6BrN3OS. The lowest BCUT2D eigenvalue weighted by Gasteiger charge is -2.01. The molecule has 0 aliphatic rings. The van der Waals surface area contributed by atoms with Crippen molar-refractivity contribution in [1.29, 1.82) is 0 Å². The van der Waals surface area contributed by atoms with Crippen molar-refractivity contribution in [3.05, 3.63) is 31.2 Å². The lowest BCUT2D eigenvalue weighted by Crippen LogP contribution is -1.96. The number of halogens is 1. The van der Waals surface area contributed by atoms with E-state index in [0.29, 0.717) is 0 Å². The average Bonchev–Trinajstić information content (AvgIpc) is 2.47.